The third kappa shape index (κ3) is 8.62. The maximum Gasteiger partial charge on any atom is 0.407 e. The first kappa shape index (κ1) is 33.3. The van der Waals surface area contributed by atoms with Gasteiger partial charge in [0.2, 0.25) is 5.91 Å². The molecule has 3 N–H and O–H groups in total. The highest BCUT2D eigenvalue weighted by atomic mass is 32.2. The number of alkyl carbamates (subject to hydrolysis) is 1. The quantitative estimate of drug-likeness (QED) is 0.122. The highest BCUT2D eigenvalue weighted by molar-refractivity contribution is 8.00. The van der Waals surface area contributed by atoms with Crippen LogP contribution in [0.2, 0.25) is 0 Å². The first-order valence-corrected chi connectivity index (χ1v) is 16.6. The molecule has 8 nitrogen and oxygen atoms in total. The molecule has 9 heteroatoms. The molecular weight excluding hydrogens is 609 g/mol. The van der Waals surface area contributed by atoms with E-state index in [2.05, 4.69) is 52.1 Å². The van der Waals surface area contributed by atoms with Gasteiger partial charge >= 0.3 is 6.09 Å². The van der Waals surface area contributed by atoms with Crippen LogP contribution in [0.1, 0.15) is 50.3 Å². The van der Waals surface area contributed by atoms with Crippen molar-refractivity contribution in [2.24, 2.45) is 0 Å². The van der Waals surface area contributed by atoms with E-state index in [1.165, 1.54) is 10.7 Å². The van der Waals surface area contributed by atoms with Gasteiger partial charge in [-0.2, -0.15) is 0 Å². The first-order chi connectivity index (χ1) is 22.6. The third-order valence-electron chi connectivity index (χ3n) is 7.49. The molecule has 5 aromatic rings. The van der Waals surface area contributed by atoms with Gasteiger partial charge in [0.1, 0.15) is 11.4 Å². The van der Waals surface area contributed by atoms with Crippen LogP contribution in [0.4, 0.5) is 10.6 Å². The van der Waals surface area contributed by atoms with E-state index in [-0.39, 0.29) is 17.9 Å². The van der Waals surface area contributed by atoms with E-state index in [4.69, 9.17) is 4.74 Å². The van der Waals surface area contributed by atoms with Crippen LogP contribution < -0.4 is 16.2 Å². The molecule has 0 spiro atoms. The highest BCUT2D eigenvalue weighted by Gasteiger charge is 2.38. The number of H-pyrrole nitrogens is 1. The molecule has 0 bridgehead atoms. The molecular formula is C38H40N4O4S. The number of anilines is 1. The van der Waals surface area contributed by atoms with Gasteiger partial charge in [0, 0.05) is 24.3 Å². The summed E-state index contributed by atoms with van der Waals surface area (Å²) in [4.78, 5) is 38.8. The number of carbonyl (C=O) groups excluding carboxylic acids is 2. The standard InChI is InChI=1S/C38H40N4O4S/c1-37(2,3)46-36(45)39-31(24-25-34(43)40-33-26-35(44)42(41-33)32-22-14-7-15-23-32)27-47-38(28-16-8-4-9-17-28,29-18-10-5-11-19-29)30-20-12-6-13-21-30/h4-23,26,31,41H,24-25,27H2,1-3H3,(H,39,45)(H,40,43)/t31-/m1/s1. The molecule has 0 fully saturated rings. The van der Waals surface area contributed by atoms with Gasteiger partial charge in [0.15, 0.2) is 0 Å². The molecule has 0 aliphatic carbocycles. The molecule has 1 aromatic heterocycles. The molecule has 1 heterocycles. The fourth-order valence-electron chi connectivity index (χ4n) is 5.41. The second-order valence-electron chi connectivity index (χ2n) is 12.2. The van der Waals surface area contributed by atoms with E-state index < -0.39 is 22.5 Å². The number of nitrogens with one attached hydrogen (secondary N) is 3. The second-order valence-corrected chi connectivity index (χ2v) is 13.4. The van der Waals surface area contributed by atoms with Gasteiger partial charge in [-0.25, -0.2) is 9.48 Å². The molecule has 5 rings (SSSR count). The van der Waals surface area contributed by atoms with E-state index in [0.29, 0.717) is 23.7 Å². The third-order valence-corrected chi connectivity index (χ3v) is 9.20. The van der Waals surface area contributed by atoms with E-state index in [1.807, 2.05) is 93.6 Å². The van der Waals surface area contributed by atoms with Crippen molar-refractivity contribution in [3.63, 3.8) is 0 Å². The van der Waals surface area contributed by atoms with E-state index >= 15 is 0 Å². The summed E-state index contributed by atoms with van der Waals surface area (Å²) >= 11 is 1.70. The number of rotatable bonds is 12. The van der Waals surface area contributed by atoms with Crippen LogP contribution >= 0.6 is 11.8 Å². The Hall–Kier alpha value is -5.02. The van der Waals surface area contributed by atoms with E-state index in [9.17, 15) is 14.4 Å². The summed E-state index contributed by atoms with van der Waals surface area (Å²) in [5.41, 5.74) is 3.00. The van der Waals surface area contributed by atoms with Gasteiger partial charge in [-0.05, 0) is 56.0 Å². The number of ether oxygens (including phenoxy) is 1. The summed E-state index contributed by atoms with van der Waals surface area (Å²) in [6, 6.07) is 41.0. The van der Waals surface area contributed by atoms with Gasteiger partial charge in [0.25, 0.3) is 5.56 Å². The number of para-hydroxylation sites is 1. The normalized spacial score (nSPS) is 12.2. The number of benzene rings is 4. The lowest BCUT2D eigenvalue weighted by Crippen LogP contribution is -2.42. The molecule has 47 heavy (non-hydrogen) atoms. The van der Waals surface area contributed by atoms with Crippen molar-refractivity contribution >= 4 is 29.6 Å². The number of aromatic nitrogens is 2. The van der Waals surface area contributed by atoms with Gasteiger partial charge in [-0.15, -0.1) is 11.8 Å². The molecule has 242 valence electrons. The van der Waals surface area contributed by atoms with Crippen LogP contribution in [0.25, 0.3) is 5.69 Å². The van der Waals surface area contributed by atoms with Crippen LogP contribution in [0, 0.1) is 0 Å². The fourth-order valence-corrected chi connectivity index (χ4v) is 7.02. The minimum atomic E-state index is -0.682. The van der Waals surface area contributed by atoms with Crippen molar-refractivity contribution in [2.75, 3.05) is 11.1 Å². The fraction of sp³-hybridized carbons (Fsp3) is 0.237. The average Bonchev–Trinajstić information content (AvgIpc) is 3.44. The van der Waals surface area contributed by atoms with Gasteiger partial charge in [-0.3, -0.25) is 14.7 Å². The molecule has 1 atom stereocenters. The lowest BCUT2D eigenvalue weighted by atomic mass is 9.84. The summed E-state index contributed by atoms with van der Waals surface area (Å²) < 4.78 is 6.39. The van der Waals surface area contributed by atoms with Crippen LogP contribution in [-0.2, 0) is 14.3 Å². The number of thioether (sulfide) groups is 1. The zero-order valence-electron chi connectivity index (χ0n) is 26.8. The highest BCUT2D eigenvalue weighted by Crippen LogP contribution is 2.48. The average molecular weight is 649 g/mol. The molecule has 0 unspecified atom stereocenters. The number of hydrogen-bond donors (Lipinski definition) is 3. The lowest BCUT2D eigenvalue weighted by Gasteiger charge is -2.36. The predicted molar refractivity (Wildman–Crippen MR) is 189 cm³/mol. The van der Waals surface area contributed by atoms with Gasteiger partial charge in [-0.1, -0.05) is 109 Å². The van der Waals surface area contributed by atoms with E-state index in [0.717, 1.165) is 16.7 Å². The van der Waals surface area contributed by atoms with Crippen LogP contribution in [0.15, 0.2) is 132 Å². The molecule has 0 saturated heterocycles. The number of amides is 2. The number of hydrogen-bond acceptors (Lipinski definition) is 5. The maximum absolute atomic E-state index is 13.2. The Morgan fingerprint density at radius 3 is 1.77 bits per heavy atom. The Labute approximate surface area is 279 Å². The Morgan fingerprint density at radius 2 is 1.28 bits per heavy atom. The van der Waals surface area contributed by atoms with Crippen molar-refractivity contribution in [3.8, 4) is 5.69 Å². The maximum atomic E-state index is 13.2. The Morgan fingerprint density at radius 1 is 0.787 bits per heavy atom. The summed E-state index contributed by atoms with van der Waals surface area (Å²) in [6.07, 6.45) is -0.0948. The van der Waals surface area contributed by atoms with E-state index in [1.54, 1.807) is 23.9 Å². The Bertz CT molecular complexity index is 1700. The van der Waals surface area contributed by atoms with Crippen LogP contribution in [0.5, 0.6) is 0 Å². The number of nitrogens with zero attached hydrogens (tertiary/aromatic N) is 1. The second kappa shape index (κ2) is 15.0. The molecule has 0 saturated carbocycles. The van der Waals surface area contributed by atoms with Crippen molar-refractivity contribution in [3.05, 3.63) is 154 Å². The topological polar surface area (TPSA) is 105 Å². The summed E-state index contributed by atoms with van der Waals surface area (Å²) in [7, 11) is 0. The van der Waals surface area contributed by atoms with Crippen molar-refractivity contribution in [2.45, 2.75) is 50.0 Å². The SMILES string of the molecule is CC(C)(C)OC(=O)N[C@H](CCC(=O)Nc1cc(=O)n(-c2ccccc2)[nH]1)CSC(c1ccccc1)(c1ccccc1)c1ccccc1. The largest absolute Gasteiger partial charge is 0.444 e. The van der Waals surface area contributed by atoms with Gasteiger partial charge in [0.05, 0.1) is 10.4 Å². The smallest absolute Gasteiger partial charge is 0.407 e. The predicted octanol–water partition coefficient (Wildman–Crippen LogP) is 7.50. The van der Waals surface area contributed by atoms with Crippen molar-refractivity contribution in [1.82, 2.24) is 15.1 Å². The Kier molecular flexibility index (Phi) is 10.7. The monoisotopic (exact) mass is 648 g/mol. The van der Waals surface area contributed by atoms with Crippen molar-refractivity contribution in [1.29, 1.82) is 0 Å². The Balaban J connectivity index is 1.39. The molecule has 0 radical (unpaired) electrons. The first-order valence-electron chi connectivity index (χ1n) is 15.6. The van der Waals surface area contributed by atoms with Gasteiger partial charge < -0.3 is 15.4 Å². The molecule has 0 aliphatic rings. The molecule has 2 amide bonds. The molecule has 4 aromatic carbocycles. The number of aromatic amines is 1. The zero-order valence-corrected chi connectivity index (χ0v) is 27.6. The number of carbonyl (C=O) groups is 2. The summed E-state index contributed by atoms with van der Waals surface area (Å²) in [5.74, 6) is 0.492. The van der Waals surface area contributed by atoms with Crippen LogP contribution in [-0.4, -0.2) is 39.2 Å². The minimum absolute atomic E-state index is 0.106. The molecule has 0 aliphatic heterocycles. The lowest BCUT2D eigenvalue weighted by molar-refractivity contribution is -0.116. The summed E-state index contributed by atoms with van der Waals surface area (Å²) in [6.45, 7) is 5.45. The minimum Gasteiger partial charge on any atom is -0.444 e. The zero-order chi connectivity index (χ0) is 33.3. The summed E-state index contributed by atoms with van der Waals surface area (Å²) in [5, 5.41) is 8.79. The van der Waals surface area contributed by atoms with Crippen molar-refractivity contribution < 1.29 is 14.3 Å². The van der Waals surface area contributed by atoms with Crippen LogP contribution in [0.3, 0.4) is 0 Å².